The molecule has 1 aromatic carbocycles. The van der Waals surface area contributed by atoms with Crippen molar-refractivity contribution in [1.82, 2.24) is 14.6 Å². The standard InChI is InChI=1S/C23H30N3O8P/c1-15-13-19(32-21(15)26-12-11-20(27)24-23(26)29)14-31-35(30,34-18-7-4-3-5-8-18)25-16(2)22(28)33-17-9-6-10-17/h3-5,7-8,11-12,15-17,19,21H,6,9-10,13-14H2,1-2H3,(H,25,30)(H,24,27,29)/t15?,16-,19?,21?,35?/m0/s1. The van der Waals surface area contributed by atoms with Gasteiger partial charge in [-0.2, -0.15) is 5.09 Å². The Hall–Kier alpha value is -2.72. The quantitative estimate of drug-likeness (QED) is 0.367. The monoisotopic (exact) mass is 507 g/mol. The van der Waals surface area contributed by atoms with Crippen molar-refractivity contribution in [3.63, 3.8) is 0 Å². The van der Waals surface area contributed by atoms with Crippen molar-refractivity contribution in [2.75, 3.05) is 6.61 Å². The van der Waals surface area contributed by atoms with E-state index in [0.717, 1.165) is 19.3 Å². The molecule has 0 radical (unpaired) electrons. The number of aromatic nitrogens is 2. The van der Waals surface area contributed by atoms with Gasteiger partial charge in [0.15, 0.2) is 0 Å². The van der Waals surface area contributed by atoms with Gasteiger partial charge >= 0.3 is 19.4 Å². The number of carbonyl (C=O) groups excluding carboxylic acids is 1. The van der Waals surface area contributed by atoms with E-state index in [-0.39, 0.29) is 18.6 Å². The van der Waals surface area contributed by atoms with Gasteiger partial charge in [-0.05, 0) is 44.7 Å². The highest BCUT2D eigenvalue weighted by atomic mass is 31.2. The average molecular weight is 507 g/mol. The van der Waals surface area contributed by atoms with E-state index >= 15 is 0 Å². The zero-order valence-corrected chi connectivity index (χ0v) is 20.5. The van der Waals surface area contributed by atoms with Gasteiger partial charge in [0.2, 0.25) is 0 Å². The Morgan fingerprint density at radius 3 is 2.66 bits per heavy atom. The minimum Gasteiger partial charge on any atom is -0.461 e. The Bertz CT molecular complexity index is 1180. The highest BCUT2D eigenvalue weighted by molar-refractivity contribution is 7.52. The molecule has 1 saturated heterocycles. The maximum atomic E-state index is 13.6. The van der Waals surface area contributed by atoms with Gasteiger partial charge in [-0.1, -0.05) is 25.1 Å². The molecule has 2 heterocycles. The predicted molar refractivity (Wildman–Crippen MR) is 126 cm³/mol. The van der Waals surface area contributed by atoms with Crippen LogP contribution in [-0.4, -0.2) is 40.4 Å². The zero-order chi connectivity index (χ0) is 25.0. The maximum absolute atomic E-state index is 13.6. The molecule has 2 N–H and O–H groups in total. The molecule has 4 unspecified atom stereocenters. The number of H-pyrrole nitrogens is 1. The number of hydrogen-bond donors (Lipinski definition) is 2. The number of rotatable bonds is 10. The lowest BCUT2D eigenvalue weighted by atomic mass is 9.96. The van der Waals surface area contributed by atoms with Crippen LogP contribution in [0.4, 0.5) is 0 Å². The van der Waals surface area contributed by atoms with Crippen LogP contribution < -0.4 is 20.9 Å². The van der Waals surface area contributed by atoms with Crippen molar-refractivity contribution in [1.29, 1.82) is 0 Å². The van der Waals surface area contributed by atoms with Crippen LogP contribution >= 0.6 is 7.75 Å². The lowest BCUT2D eigenvalue weighted by Gasteiger charge is -2.28. The second-order valence-corrected chi connectivity index (χ2v) is 10.6. The Morgan fingerprint density at radius 2 is 2.00 bits per heavy atom. The third kappa shape index (κ3) is 6.49. The summed E-state index contributed by atoms with van der Waals surface area (Å²) >= 11 is 0. The number of carbonyl (C=O) groups is 1. The molecule has 5 atom stereocenters. The van der Waals surface area contributed by atoms with E-state index in [2.05, 4.69) is 10.1 Å². The van der Waals surface area contributed by atoms with Gasteiger partial charge in [0.1, 0.15) is 24.1 Å². The second-order valence-electron chi connectivity index (χ2n) is 8.92. The fraction of sp³-hybridized carbons (Fsp3) is 0.522. The van der Waals surface area contributed by atoms with Crippen LogP contribution in [0.25, 0.3) is 0 Å². The van der Waals surface area contributed by atoms with E-state index in [0.29, 0.717) is 12.2 Å². The first kappa shape index (κ1) is 25.4. The molecular weight excluding hydrogens is 477 g/mol. The van der Waals surface area contributed by atoms with Gasteiger partial charge in [0.05, 0.1) is 12.7 Å². The Kier molecular flexibility index (Phi) is 7.91. The van der Waals surface area contributed by atoms with Crippen LogP contribution in [0.15, 0.2) is 52.2 Å². The molecule has 12 heteroatoms. The van der Waals surface area contributed by atoms with Gasteiger partial charge < -0.3 is 14.0 Å². The molecule has 0 bridgehead atoms. The molecule has 1 aliphatic carbocycles. The first-order valence-electron chi connectivity index (χ1n) is 11.7. The Labute approximate surface area is 202 Å². The van der Waals surface area contributed by atoms with Crippen LogP contribution in [0.1, 0.15) is 45.8 Å². The van der Waals surface area contributed by atoms with E-state index in [4.69, 9.17) is 18.5 Å². The molecule has 1 saturated carbocycles. The number of ether oxygens (including phenoxy) is 2. The first-order valence-corrected chi connectivity index (χ1v) is 13.2. The molecule has 2 aromatic rings. The predicted octanol–water partition coefficient (Wildman–Crippen LogP) is 2.74. The molecule has 1 aliphatic heterocycles. The van der Waals surface area contributed by atoms with Crippen molar-refractivity contribution in [3.8, 4) is 5.75 Å². The third-order valence-electron chi connectivity index (χ3n) is 6.02. The van der Waals surface area contributed by atoms with Crippen molar-refractivity contribution in [2.45, 2.75) is 64.0 Å². The highest BCUT2D eigenvalue weighted by Crippen LogP contribution is 2.46. The van der Waals surface area contributed by atoms with Gasteiger partial charge in [0.25, 0.3) is 5.56 Å². The number of esters is 1. The summed E-state index contributed by atoms with van der Waals surface area (Å²) in [6.45, 7) is 3.33. The average Bonchev–Trinajstić information content (AvgIpc) is 3.15. The summed E-state index contributed by atoms with van der Waals surface area (Å²) < 4.78 is 37.7. The van der Waals surface area contributed by atoms with Crippen molar-refractivity contribution < 1.29 is 27.9 Å². The molecule has 0 amide bonds. The molecular formula is C23H30N3O8P. The summed E-state index contributed by atoms with van der Waals surface area (Å²) in [4.78, 5) is 38.2. The van der Waals surface area contributed by atoms with Crippen LogP contribution in [-0.2, 0) is 23.4 Å². The van der Waals surface area contributed by atoms with E-state index in [1.165, 1.54) is 23.8 Å². The number of nitrogens with zero attached hydrogens (tertiary/aromatic N) is 1. The molecule has 11 nitrogen and oxygen atoms in total. The Morgan fingerprint density at radius 1 is 1.26 bits per heavy atom. The van der Waals surface area contributed by atoms with Crippen molar-refractivity contribution in [3.05, 3.63) is 63.4 Å². The number of hydrogen-bond acceptors (Lipinski definition) is 8. The van der Waals surface area contributed by atoms with E-state index in [1.807, 2.05) is 6.92 Å². The highest BCUT2D eigenvalue weighted by Gasteiger charge is 2.38. The van der Waals surface area contributed by atoms with Crippen LogP contribution in [0.3, 0.4) is 0 Å². The fourth-order valence-corrected chi connectivity index (χ4v) is 5.45. The second kappa shape index (κ2) is 10.9. The minimum absolute atomic E-state index is 0.0778. The SMILES string of the molecule is CC1CC(COP(=O)(N[C@@H](C)C(=O)OC2CCC2)Oc2ccccc2)OC1n1ccc(=O)[nH]c1=O. The van der Waals surface area contributed by atoms with Crippen LogP contribution in [0.2, 0.25) is 0 Å². The van der Waals surface area contributed by atoms with Crippen molar-refractivity contribution in [2.24, 2.45) is 5.92 Å². The van der Waals surface area contributed by atoms with E-state index < -0.39 is 43.3 Å². The number of nitrogens with one attached hydrogen (secondary N) is 2. The molecule has 1 aromatic heterocycles. The molecule has 190 valence electrons. The first-order chi connectivity index (χ1) is 16.7. The topological polar surface area (TPSA) is 138 Å². The van der Waals surface area contributed by atoms with E-state index in [9.17, 15) is 18.9 Å². The summed E-state index contributed by atoms with van der Waals surface area (Å²) in [6, 6.07) is 8.81. The molecule has 35 heavy (non-hydrogen) atoms. The van der Waals surface area contributed by atoms with E-state index in [1.54, 1.807) is 30.3 Å². The van der Waals surface area contributed by atoms with Crippen LogP contribution in [0.5, 0.6) is 5.75 Å². The lowest BCUT2D eigenvalue weighted by Crippen LogP contribution is -2.38. The summed E-state index contributed by atoms with van der Waals surface area (Å²) in [6.07, 6.45) is 3.33. The zero-order valence-electron chi connectivity index (χ0n) is 19.6. The smallest absolute Gasteiger partial charge is 0.459 e. The third-order valence-corrected chi connectivity index (χ3v) is 7.66. The maximum Gasteiger partial charge on any atom is 0.459 e. The largest absolute Gasteiger partial charge is 0.461 e. The van der Waals surface area contributed by atoms with Gasteiger partial charge in [-0.15, -0.1) is 0 Å². The molecule has 0 spiro atoms. The normalized spacial score (nSPS) is 24.8. The number of benzene rings is 1. The van der Waals surface area contributed by atoms with Gasteiger partial charge in [0, 0.05) is 18.2 Å². The summed E-state index contributed by atoms with van der Waals surface area (Å²) in [7, 11) is -4.01. The fourth-order valence-electron chi connectivity index (χ4n) is 3.93. The summed E-state index contributed by atoms with van der Waals surface area (Å²) in [5, 5.41) is 2.67. The van der Waals surface area contributed by atoms with Gasteiger partial charge in [-0.25, -0.2) is 9.36 Å². The molecule has 4 rings (SSSR count). The number of aromatic amines is 1. The minimum atomic E-state index is -4.01. The molecule has 2 aliphatic rings. The summed E-state index contributed by atoms with van der Waals surface area (Å²) in [5.41, 5.74) is -1.07. The van der Waals surface area contributed by atoms with Crippen LogP contribution in [0, 0.1) is 5.92 Å². The van der Waals surface area contributed by atoms with Crippen molar-refractivity contribution >= 4 is 13.7 Å². The van der Waals surface area contributed by atoms with Gasteiger partial charge in [-0.3, -0.25) is 23.7 Å². The lowest BCUT2D eigenvalue weighted by molar-refractivity contribution is -0.154. The number of para-hydroxylation sites is 1. The Balaban J connectivity index is 1.42. The molecule has 2 fully saturated rings. The summed E-state index contributed by atoms with van der Waals surface area (Å²) in [5.74, 6) is -0.300.